The fraction of sp³-hybridized carbons (Fsp3) is 0.353. The molecule has 0 aliphatic rings. The zero-order valence-corrected chi connectivity index (χ0v) is 14.8. The maximum Gasteiger partial charge on any atom is 0.319 e. The monoisotopic (exact) mass is 334 g/mol. The van der Waals surface area contributed by atoms with Crippen molar-refractivity contribution in [3.63, 3.8) is 0 Å². The van der Waals surface area contributed by atoms with Crippen molar-refractivity contribution in [2.75, 3.05) is 5.32 Å². The molecule has 0 radical (unpaired) electrons. The summed E-state index contributed by atoms with van der Waals surface area (Å²) >= 11 is 3.51. The highest BCUT2D eigenvalue weighted by molar-refractivity contribution is 7.99. The van der Waals surface area contributed by atoms with E-state index in [1.807, 2.05) is 42.3 Å². The molecule has 0 saturated carbocycles. The number of carbonyl (C=O) groups excluding carboxylic acids is 1. The maximum atomic E-state index is 11.9. The number of thioether (sulfide) groups is 1. The van der Waals surface area contributed by atoms with Crippen LogP contribution in [0.2, 0.25) is 0 Å². The van der Waals surface area contributed by atoms with Gasteiger partial charge in [-0.2, -0.15) is 0 Å². The number of nitrogens with one attached hydrogen (secondary N) is 2. The Hall–Kier alpha value is -1.46. The van der Waals surface area contributed by atoms with Crippen molar-refractivity contribution in [3.8, 4) is 0 Å². The molecule has 0 aliphatic carbocycles. The maximum absolute atomic E-state index is 11.9. The second-order valence-corrected chi connectivity index (χ2v) is 7.74. The predicted octanol–water partition coefficient (Wildman–Crippen LogP) is 5.27. The summed E-state index contributed by atoms with van der Waals surface area (Å²) in [5, 5.41) is 8.40. The number of aryl methyl sites for hydroxylation is 1. The molecule has 0 bridgehead atoms. The Kier molecular flexibility index (Phi) is 6.34. The predicted molar refractivity (Wildman–Crippen MR) is 97.0 cm³/mol. The van der Waals surface area contributed by atoms with Crippen LogP contribution in [0.25, 0.3) is 0 Å². The molecule has 2 N–H and O–H groups in total. The molecule has 2 amide bonds. The van der Waals surface area contributed by atoms with Gasteiger partial charge in [0.25, 0.3) is 0 Å². The van der Waals surface area contributed by atoms with Gasteiger partial charge >= 0.3 is 6.03 Å². The molecular formula is C17H22N2OS2. The van der Waals surface area contributed by atoms with Crippen molar-refractivity contribution in [2.45, 2.75) is 43.9 Å². The Bertz CT molecular complexity index is 611. The van der Waals surface area contributed by atoms with Crippen molar-refractivity contribution in [2.24, 2.45) is 0 Å². The van der Waals surface area contributed by atoms with E-state index in [1.165, 1.54) is 4.90 Å². The SMILES string of the molecule is CCC(C)Sc1ccc(NC(=O)NCc2cccs2)c(C)c1. The summed E-state index contributed by atoms with van der Waals surface area (Å²) in [5.41, 5.74) is 1.94. The molecule has 1 unspecified atom stereocenters. The molecule has 118 valence electrons. The minimum atomic E-state index is -0.168. The van der Waals surface area contributed by atoms with Crippen molar-refractivity contribution in [3.05, 3.63) is 46.2 Å². The number of thiophene rings is 1. The lowest BCUT2D eigenvalue weighted by Gasteiger charge is -2.12. The average molecular weight is 335 g/mol. The molecule has 0 fully saturated rings. The Morgan fingerprint density at radius 2 is 2.18 bits per heavy atom. The Morgan fingerprint density at radius 1 is 1.36 bits per heavy atom. The van der Waals surface area contributed by atoms with Gasteiger partial charge in [0, 0.05) is 20.7 Å². The topological polar surface area (TPSA) is 41.1 Å². The zero-order chi connectivity index (χ0) is 15.9. The first-order chi connectivity index (χ1) is 10.6. The molecule has 2 rings (SSSR count). The number of benzene rings is 1. The van der Waals surface area contributed by atoms with Gasteiger partial charge in [-0.25, -0.2) is 4.79 Å². The molecule has 1 heterocycles. The molecule has 1 aromatic carbocycles. The second kappa shape index (κ2) is 8.25. The lowest BCUT2D eigenvalue weighted by Crippen LogP contribution is -2.28. The summed E-state index contributed by atoms with van der Waals surface area (Å²) in [6.45, 7) is 7.00. The summed E-state index contributed by atoms with van der Waals surface area (Å²) in [6.07, 6.45) is 1.15. The summed E-state index contributed by atoms with van der Waals surface area (Å²) in [6, 6.07) is 10.0. The first kappa shape index (κ1) is 16.9. The van der Waals surface area contributed by atoms with Crippen LogP contribution in [0.1, 0.15) is 30.7 Å². The van der Waals surface area contributed by atoms with E-state index < -0.39 is 0 Å². The summed E-state index contributed by atoms with van der Waals surface area (Å²) < 4.78 is 0. The van der Waals surface area contributed by atoms with Crippen LogP contribution in [0.3, 0.4) is 0 Å². The van der Waals surface area contributed by atoms with E-state index >= 15 is 0 Å². The number of urea groups is 1. The molecule has 0 saturated heterocycles. The van der Waals surface area contributed by atoms with Gasteiger partial charge in [-0.15, -0.1) is 23.1 Å². The van der Waals surface area contributed by atoms with Crippen LogP contribution in [0.4, 0.5) is 10.5 Å². The van der Waals surface area contributed by atoms with Gasteiger partial charge in [0.1, 0.15) is 0 Å². The average Bonchev–Trinajstić information content (AvgIpc) is 3.01. The largest absolute Gasteiger partial charge is 0.333 e. The first-order valence-corrected chi connectivity index (χ1v) is 9.19. The minimum Gasteiger partial charge on any atom is -0.333 e. The fourth-order valence-electron chi connectivity index (χ4n) is 1.91. The normalized spacial score (nSPS) is 12.0. The molecular weight excluding hydrogens is 312 g/mol. The van der Waals surface area contributed by atoms with E-state index in [-0.39, 0.29) is 6.03 Å². The van der Waals surface area contributed by atoms with E-state index in [1.54, 1.807) is 11.3 Å². The molecule has 0 spiro atoms. The van der Waals surface area contributed by atoms with Gasteiger partial charge in [0.2, 0.25) is 0 Å². The van der Waals surface area contributed by atoms with Gasteiger partial charge in [-0.1, -0.05) is 19.9 Å². The van der Waals surface area contributed by atoms with E-state index in [2.05, 4.69) is 36.6 Å². The third-order valence-corrected chi connectivity index (χ3v) is 5.50. The number of hydrogen-bond acceptors (Lipinski definition) is 3. The Labute approximate surface area is 140 Å². The summed E-state index contributed by atoms with van der Waals surface area (Å²) in [5.74, 6) is 0. The number of amides is 2. The summed E-state index contributed by atoms with van der Waals surface area (Å²) in [7, 11) is 0. The highest BCUT2D eigenvalue weighted by Gasteiger charge is 2.07. The molecule has 22 heavy (non-hydrogen) atoms. The van der Waals surface area contributed by atoms with Crippen LogP contribution in [0.5, 0.6) is 0 Å². The van der Waals surface area contributed by atoms with Crippen molar-refractivity contribution >= 4 is 34.8 Å². The second-order valence-electron chi connectivity index (χ2n) is 5.20. The van der Waals surface area contributed by atoms with E-state index in [9.17, 15) is 4.79 Å². The van der Waals surface area contributed by atoms with Crippen LogP contribution in [-0.2, 0) is 6.54 Å². The number of hydrogen-bond donors (Lipinski definition) is 2. The number of rotatable bonds is 6. The van der Waals surface area contributed by atoms with Crippen LogP contribution in [-0.4, -0.2) is 11.3 Å². The van der Waals surface area contributed by atoms with Gasteiger partial charge in [0.15, 0.2) is 0 Å². The number of carbonyl (C=O) groups is 1. The van der Waals surface area contributed by atoms with Crippen LogP contribution in [0.15, 0.2) is 40.6 Å². The highest BCUT2D eigenvalue weighted by Crippen LogP contribution is 2.28. The fourth-order valence-corrected chi connectivity index (χ4v) is 3.58. The standard InChI is InChI=1S/C17H22N2OS2/c1-4-13(3)22-14-7-8-16(12(2)10-14)19-17(20)18-11-15-6-5-9-21-15/h5-10,13H,4,11H2,1-3H3,(H2,18,19,20). The van der Waals surface area contributed by atoms with Crippen molar-refractivity contribution in [1.82, 2.24) is 5.32 Å². The number of anilines is 1. The van der Waals surface area contributed by atoms with Gasteiger partial charge < -0.3 is 10.6 Å². The highest BCUT2D eigenvalue weighted by atomic mass is 32.2. The van der Waals surface area contributed by atoms with E-state index in [0.29, 0.717) is 11.8 Å². The molecule has 1 atom stereocenters. The first-order valence-electron chi connectivity index (χ1n) is 7.43. The summed E-state index contributed by atoms with van der Waals surface area (Å²) in [4.78, 5) is 14.3. The van der Waals surface area contributed by atoms with Gasteiger partial charge in [-0.05, 0) is 48.6 Å². The Balaban J connectivity index is 1.90. The van der Waals surface area contributed by atoms with Gasteiger partial charge in [-0.3, -0.25) is 0 Å². The van der Waals surface area contributed by atoms with Crippen LogP contribution < -0.4 is 10.6 Å². The molecule has 0 aliphatic heterocycles. The lowest BCUT2D eigenvalue weighted by molar-refractivity contribution is 0.252. The third-order valence-electron chi connectivity index (χ3n) is 3.36. The lowest BCUT2D eigenvalue weighted by atomic mass is 10.2. The molecule has 2 aromatic rings. The molecule has 3 nitrogen and oxygen atoms in total. The van der Waals surface area contributed by atoms with Crippen molar-refractivity contribution < 1.29 is 4.79 Å². The quantitative estimate of drug-likeness (QED) is 0.707. The molecule has 5 heteroatoms. The van der Waals surface area contributed by atoms with E-state index in [0.717, 1.165) is 22.5 Å². The smallest absolute Gasteiger partial charge is 0.319 e. The van der Waals surface area contributed by atoms with Crippen LogP contribution in [0, 0.1) is 6.92 Å². The van der Waals surface area contributed by atoms with Crippen molar-refractivity contribution in [1.29, 1.82) is 0 Å². The Morgan fingerprint density at radius 3 is 2.82 bits per heavy atom. The molecule has 1 aromatic heterocycles. The zero-order valence-electron chi connectivity index (χ0n) is 13.2. The van der Waals surface area contributed by atoms with Crippen LogP contribution >= 0.6 is 23.1 Å². The van der Waals surface area contributed by atoms with E-state index in [4.69, 9.17) is 0 Å². The minimum absolute atomic E-state index is 0.168. The third kappa shape index (κ3) is 5.07. The van der Waals surface area contributed by atoms with Gasteiger partial charge in [0.05, 0.1) is 6.54 Å².